The highest BCUT2D eigenvalue weighted by molar-refractivity contribution is 5.98. The molecule has 94 valence electrons. The molecule has 0 aromatic carbocycles. The molecule has 0 aromatic rings. The first-order valence-electron chi connectivity index (χ1n) is 6.27. The number of hydrogen-bond acceptors (Lipinski definition) is 2. The van der Waals surface area contributed by atoms with Gasteiger partial charge in [-0.3, -0.25) is 9.59 Å². The summed E-state index contributed by atoms with van der Waals surface area (Å²) in [6, 6.07) is 0. The summed E-state index contributed by atoms with van der Waals surface area (Å²) in [4.78, 5) is 22.7. The number of carboxylic acid groups (broad SMARTS) is 1. The van der Waals surface area contributed by atoms with Crippen molar-refractivity contribution in [3.05, 3.63) is 0 Å². The Kier molecular flexibility index (Phi) is 7.02. The average molecular weight is 228 g/mol. The van der Waals surface area contributed by atoms with Crippen molar-refractivity contribution >= 4 is 11.8 Å². The number of hydrogen-bond donors (Lipinski definition) is 1. The molecular formula is C13H24O3. The molecule has 3 heteroatoms. The van der Waals surface area contributed by atoms with Crippen molar-refractivity contribution in [3.63, 3.8) is 0 Å². The molecular weight excluding hydrogens is 204 g/mol. The number of aliphatic carboxylic acids is 1. The predicted octanol–water partition coefficient (Wildman–Crippen LogP) is 3.42. The lowest BCUT2D eigenvalue weighted by molar-refractivity contribution is -0.143. The van der Waals surface area contributed by atoms with Crippen molar-refractivity contribution in [1.82, 2.24) is 0 Å². The number of rotatable bonds is 9. The Balaban J connectivity index is 4.82. The van der Waals surface area contributed by atoms with Crippen LogP contribution in [0.5, 0.6) is 0 Å². The van der Waals surface area contributed by atoms with E-state index >= 15 is 0 Å². The zero-order valence-corrected chi connectivity index (χ0v) is 10.7. The van der Waals surface area contributed by atoms with Gasteiger partial charge in [-0.25, -0.2) is 0 Å². The van der Waals surface area contributed by atoms with Crippen molar-refractivity contribution in [3.8, 4) is 0 Å². The molecule has 0 fully saturated rings. The zero-order valence-electron chi connectivity index (χ0n) is 10.7. The van der Waals surface area contributed by atoms with Gasteiger partial charge in [-0.1, -0.05) is 40.0 Å². The lowest BCUT2D eigenvalue weighted by Crippen LogP contribution is -2.32. The minimum atomic E-state index is -1.00. The summed E-state index contributed by atoms with van der Waals surface area (Å²) in [5.41, 5.74) is -0.378. The fraction of sp³-hybridized carbons (Fsp3) is 0.846. The number of Topliss-reactive ketones (excluding diaryl/α,β-unsaturated/α-hetero) is 1. The molecule has 0 bridgehead atoms. The molecule has 0 rings (SSSR count). The van der Waals surface area contributed by atoms with Crippen molar-refractivity contribution in [2.75, 3.05) is 0 Å². The number of carbonyl (C=O) groups excluding carboxylic acids is 1. The first-order valence-corrected chi connectivity index (χ1v) is 6.27. The van der Waals surface area contributed by atoms with E-state index in [1.807, 2.05) is 20.8 Å². The van der Waals surface area contributed by atoms with Gasteiger partial charge in [0.2, 0.25) is 0 Å². The van der Waals surface area contributed by atoms with Crippen LogP contribution >= 0.6 is 0 Å². The second-order valence-corrected chi connectivity index (χ2v) is 4.52. The third kappa shape index (κ3) is 4.33. The lowest BCUT2D eigenvalue weighted by atomic mass is 9.71. The van der Waals surface area contributed by atoms with Crippen molar-refractivity contribution in [1.29, 1.82) is 0 Å². The first-order chi connectivity index (χ1) is 7.52. The van der Waals surface area contributed by atoms with Gasteiger partial charge in [-0.2, -0.15) is 0 Å². The maximum absolute atomic E-state index is 12.1. The SMILES string of the molecule is CCCC(CCC)(CCC)C(=O)CC(=O)O. The summed E-state index contributed by atoms with van der Waals surface area (Å²) in [7, 11) is 0. The highest BCUT2D eigenvalue weighted by Crippen LogP contribution is 2.37. The molecule has 0 aliphatic heterocycles. The zero-order chi connectivity index (χ0) is 12.6. The fourth-order valence-electron chi connectivity index (χ4n) is 2.55. The second kappa shape index (κ2) is 7.42. The Morgan fingerprint density at radius 1 is 0.938 bits per heavy atom. The summed E-state index contributed by atoms with van der Waals surface area (Å²) in [6.45, 7) is 6.15. The fourth-order valence-corrected chi connectivity index (χ4v) is 2.55. The third-order valence-corrected chi connectivity index (χ3v) is 3.09. The molecule has 0 amide bonds. The summed E-state index contributed by atoms with van der Waals surface area (Å²) >= 11 is 0. The Morgan fingerprint density at radius 3 is 1.56 bits per heavy atom. The van der Waals surface area contributed by atoms with E-state index in [0.717, 1.165) is 38.5 Å². The topological polar surface area (TPSA) is 54.4 Å². The molecule has 0 atom stereocenters. The smallest absolute Gasteiger partial charge is 0.310 e. The van der Waals surface area contributed by atoms with E-state index < -0.39 is 5.97 Å². The van der Waals surface area contributed by atoms with E-state index in [9.17, 15) is 9.59 Å². The van der Waals surface area contributed by atoms with Gasteiger partial charge >= 0.3 is 5.97 Å². The maximum atomic E-state index is 12.1. The van der Waals surface area contributed by atoms with Crippen LogP contribution in [0.4, 0.5) is 0 Å². The van der Waals surface area contributed by atoms with Crippen LogP contribution in [0.3, 0.4) is 0 Å². The molecule has 0 unspecified atom stereocenters. The number of carboxylic acids is 1. The Bertz CT molecular complexity index is 216. The Hall–Kier alpha value is -0.860. The lowest BCUT2D eigenvalue weighted by Gasteiger charge is -2.31. The largest absolute Gasteiger partial charge is 0.481 e. The van der Waals surface area contributed by atoms with E-state index in [-0.39, 0.29) is 17.6 Å². The molecule has 0 aliphatic carbocycles. The van der Waals surface area contributed by atoms with E-state index in [1.54, 1.807) is 0 Å². The quantitative estimate of drug-likeness (QED) is 0.615. The van der Waals surface area contributed by atoms with Crippen LogP contribution in [0.25, 0.3) is 0 Å². The van der Waals surface area contributed by atoms with Crippen LogP contribution in [0.15, 0.2) is 0 Å². The minimum Gasteiger partial charge on any atom is -0.481 e. The highest BCUT2D eigenvalue weighted by Gasteiger charge is 2.36. The Labute approximate surface area is 98.2 Å². The predicted molar refractivity (Wildman–Crippen MR) is 64.4 cm³/mol. The number of ketones is 1. The van der Waals surface area contributed by atoms with Gasteiger partial charge in [0.15, 0.2) is 0 Å². The summed E-state index contributed by atoms with van der Waals surface area (Å²) < 4.78 is 0. The van der Waals surface area contributed by atoms with E-state index in [4.69, 9.17) is 5.11 Å². The van der Waals surface area contributed by atoms with Crippen LogP contribution in [-0.4, -0.2) is 16.9 Å². The molecule has 3 nitrogen and oxygen atoms in total. The monoisotopic (exact) mass is 228 g/mol. The van der Waals surface area contributed by atoms with Gasteiger partial charge in [-0.05, 0) is 19.3 Å². The van der Waals surface area contributed by atoms with E-state index in [0.29, 0.717) is 0 Å². The van der Waals surface area contributed by atoms with Crippen LogP contribution in [0, 0.1) is 5.41 Å². The summed E-state index contributed by atoms with van der Waals surface area (Å²) in [5, 5.41) is 8.73. The average Bonchev–Trinajstić information content (AvgIpc) is 2.17. The van der Waals surface area contributed by atoms with Crippen LogP contribution in [0.1, 0.15) is 65.7 Å². The molecule has 1 N–H and O–H groups in total. The molecule has 0 spiro atoms. The first kappa shape index (κ1) is 15.1. The van der Waals surface area contributed by atoms with Gasteiger partial charge < -0.3 is 5.11 Å². The second-order valence-electron chi connectivity index (χ2n) is 4.52. The minimum absolute atomic E-state index is 0.0782. The standard InChI is InChI=1S/C13H24O3/c1-4-7-13(8-5-2,9-6-3)11(14)10-12(15)16/h4-10H2,1-3H3,(H,15,16). The van der Waals surface area contributed by atoms with E-state index in [1.165, 1.54) is 0 Å². The van der Waals surface area contributed by atoms with Crippen LogP contribution in [-0.2, 0) is 9.59 Å². The van der Waals surface area contributed by atoms with E-state index in [2.05, 4.69) is 0 Å². The van der Waals surface area contributed by atoms with Crippen molar-refractivity contribution in [2.24, 2.45) is 5.41 Å². The molecule has 16 heavy (non-hydrogen) atoms. The van der Waals surface area contributed by atoms with Gasteiger partial charge in [0.05, 0.1) is 0 Å². The maximum Gasteiger partial charge on any atom is 0.310 e. The molecule has 0 aliphatic rings. The summed E-state index contributed by atoms with van der Waals surface area (Å²) in [6.07, 6.45) is 4.95. The van der Waals surface area contributed by atoms with Gasteiger partial charge in [-0.15, -0.1) is 0 Å². The third-order valence-electron chi connectivity index (χ3n) is 3.09. The number of carbonyl (C=O) groups is 2. The molecule has 0 saturated carbocycles. The summed E-state index contributed by atoms with van der Waals surface area (Å²) in [5.74, 6) is -1.08. The van der Waals surface area contributed by atoms with Gasteiger partial charge in [0.1, 0.15) is 12.2 Å². The highest BCUT2D eigenvalue weighted by atomic mass is 16.4. The molecule has 0 heterocycles. The Morgan fingerprint density at radius 2 is 1.31 bits per heavy atom. The van der Waals surface area contributed by atoms with Crippen LogP contribution in [0.2, 0.25) is 0 Å². The van der Waals surface area contributed by atoms with Crippen LogP contribution < -0.4 is 0 Å². The van der Waals surface area contributed by atoms with Gasteiger partial charge in [0, 0.05) is 5.41 Å². The van der Waals surface area contributed by atoms with Gasteiger partial charge in [0.25, 0.3) is 0 Å². The van der Waals surface area contributed by atoms with Crippen molar-refractivity contribution in [2.45, 2.75) is 65.7 Å². The molecule has 0 aromatic heterocycles. The molecule has 0 saturated heterocycles. The molecule has 0 radical (unpaired) electrons. The van der Waals surface area contributed by atoms with Crippen molar-refractivity contribution < 1.29 is 14.7 Å². The normalized spacial score (nSPS) is 11.4.